The average Bonchev–Trinajstić information content (AvgIpc) is 2.41. The van der Waals surface area contributed by atoms with E-state index in [9.17, 15) is 0 Å². The van der Waals surface area contributed by atoms with Gasteiger partial charge in [0.1, 0.15) is 0 Å². The zero-order valence-electron chi connectivity index (χ0n) is 10.2. The highest BCUT2D eigenvalue weighted by atomic mass is 79.9. The van der Waals surface area contributed by atoms with Crippen molar-refractivity contribution in [1.29, 1.82) is 5.26 Å². The normalized spacial score (nSPS) is 10.8. The van der Waals surface area contributed by atoms with E-state index >= 15 is 0 Å². The van der Waals surface area contributed by atoms with E-state index in [1.807, 2.05) is 12.1 Å². The van der Waals surface area contributed by atoms with Crippen LogP contribution in [0.2, 0.25) is 0 Å². The lowest BCUT2D eigenvalue weighted by Gasteiger charge is -2.17. The maximum absolute atomic E-state index is 8.79. The number of pyridine rings is 1. The molecule has 4 heteroatoms. The maximum Gasteiger partial charge on any atom is 0.0868 e. The third kappa shape index (κ3) is 2.69. The first-order valence-corrected chi connectivity index (χ1v) is 6.67. The van der Waals surface area contributed by atoms with Crippen molar-refractivity contribution in [2.45, 2.75) is 13.5 Å². The largest absolute Gasteiger partial charge is 0.286 e. The molecule has 1 aromatic carbocycles. The third-order valence-electron chi connectivity index (χ3n) is 2.94. The first-order valence-electron chi connectivity index (χ1n) is 5.87. The molecule has 0 aliphatic heterocycles. The number of nitrogens with zero attached hydrogens (tertiary/aromatic N) is 3. The minimum Gasteiger partial charge on any atom is -0.286 e. The molecular formula is C14H14BrN3. The van der Waals surface area contributed by atoms with Crippen molar-refractivity contribution in [3.05, 3.63) is 40.5 Å². The second-order valence-electron chi connectivity index (χ2n) is 4.07. The van der Waals surface area contributed by atoms with E-state index in [1.165, 1.54) is 0 Å². The summed E-state index contributed by atoms with van der Waals surface area (Å²) in [7, 11) is 0. The lowest BCUT2D eigenvalue weighted by Crippen LogP contribution is -2.23. The van der Waals surface area contributed by atoms with E-state index in [4.69, 9.17) is 5.26 Å². The lowest BCUT2D eigenvalue weighted by molar-refractivity contribution is 0.316. The molecule has 3 nitrogen and oxygen atoms in total. The minimum atomic E-state index is 0.445. The summed E-state index contributed by atoms with van der Waals surface area (Å²) in [6.45, 7) is 4.12. The smallest absolute Gasteiger partial charge is 0.0868 e. The average molecular weight is 304 g/mol. The van der Waals surface area contributed by atoms with E-state index in [0.717, 1.165) is 34.0 Å². The Balaban J connectivity index is 2.40. The fourth-order valence-electron chi connectivity index (χ4n) is 1.94. The summed E-state index contributed by atoms with van der Waals surface area (Å²) in [5.41, 5.74) is 2.16. The Kier molecular flexibility index (Phi) is 4.29. The number of nitriles is 1. The molecule has 1 aromatic heterocycles. The van der Waals surface area contributed by atoms with Crippen LogP contribution in [-0.4, -0.2) is 23.0 Å². The van der Waals surface area contributed by atoms with Gasteiger partial charge in [-0.25, -0.2) is 0 Å². The van der Waals surface area contributed by atoms with Crippen molar-refractivity contribution in [2.24, 2.45) is 0 Å². The lowest BCUT2D eigenvalue weighted by atomic mass is 10.1. The van der Waals surface area contributed by atoms with Gasteiger partial charge in [0.2, 0.25) is 0 Å². The van der Waals surface area contributed by atoms with Gasteiger partial charge in [0.15, 0.2) is 0 Å². The van der Waals surface area contributed by atoms with E-state index in [-0.39, 0.29) is 0 Å². The maximum atomic E-state index is 8.79. The number of halogens is 1. The first kappa shape index (κ1) is 13.0. The Labute approximate surface area is 115 Å². The molecule has 0 aliphatic carbocycles. The minimum absolute atomic E-state index is 0.445. The zero-order chi connectivity index (χ0) is 13.0. The van der Waals surface area contributed by atoms with Crippen LogP contribution in [0.3, 0.4) is 0 Å². The van der Waals surface area contributed by atoms with Crippen LogP contribution in [0.4, 0.5) is 0 Å². The van der Waals surface area contributed by atoms with Gasteiger partial charge in [0.05, 0.1) is 18.1 Å². The molecule has 2 rings (SSSR count). The highest BCUT2D eigenvalue weighted by Crippen LogP contribution is 2.25. The Hall–Kier alpha value is -1.44. The Morgan fingerprint density at radius 2 is 2.22 bits per heavy atom. The van der Waals surface area contributed by atoms with Crippen molar-refractivity contribution in [3.63, 3.8) is 0 Å². The van der Waals surface area contributed by atoms with Crippen LogP contribution in [0.15, 0.2) is 34.9 Å². The van der Waals surface area contributed by atoms with Crippen LogP contribution in [-0.2, 0) is 6.54 Å². The molecule has 0 saturated heterocycles. The molecule has 2 aromatic rings. The van der Waals surface area contributed by atoms with E-state index < -0.39 is 0 Å². The fraction of sp³-hybridized carbons (Fsp3) is 0.286. The summed E-state index contributed by atoms with van der Waals surface area (Å²) in [5, 5.41) is 9.90. The fourth-order valence-corrected chi connectivity index (χ4v) is 2.40. The topological polar surface area (TPSA) is 39.9 Å². The van der Waals surface area contributed by atoms with Gasteiger partial charge >= 0.3 is 0 Å². The monoisotopic (exact) mass is 303 g/mol. The summed E-state index contributed by atoms with van der Waals surface area (Å²) in [4.78, 5) is 6.54. The molecule has 0 spiro atoms. The van der Waals surface area contributed by atoms with Crippen molar-refractivity contribution in [3.8, 4) is 6.07 Å². The van der Waals surface area contributed by atoms with Gasteiger partial charge in [-0.05, 0) is 24.2 Å². The van der Waals surface area contributed by atoms with Crippen molar-refractivity contribution in [2.75, 3.05) is 13.1 Å². The molecule has 0 unspecified atom stereocenters. The molecule has 0 N–H and O–H groups in total. The Bertz CT molecular complexity index is 589. The summed E-state index contributed by atoms with van der Waals surface area (Å²) < 4.78 is 1.05. The predicted octanol–water partition coefficient (Wildman–Crippen LogP) is 3.34. The van der Waals surface area contributed by atoms with E-state index in [2.05, 4.69) is 50.9 Å². The van der Waals surface area contributed by atoms with Crippen LogP contribution in [0.25, 0.3) is 10.9 Å². The van der Waals surface area contributed by atoms with E-state index in [1.54, 1.807) is 6.20 Å². The molecule has 92 valence electrons. The van der Waals surface area contributed by atoms with Crippen molar-refractivity contribution < 1.29 is 0 Å². The molecule has 0 amide bonds. The van der Waals surface area contributed by atoms with Crippen LogP contribution >= 0.6 is 15.9 Å². The third-order valence-corrected chi connectivity index (χ3v) is 3.63. The highest BCUT2D eigenvalue weighted by Gasteiger charge is 2.09. The molecule has 0 saturated carbocycles. The molecular weight excluding hydrogens is 290 g/mol. The van der Waals surface area contributed by atoms with Crippen molar-refractivity contribution in [1.82, 2.24) is 9.88 Å². The molecule has 0 fully saturated rings. The summed E-state index contributed by atoms with van der Waals surface area (Å²) in [6, 6.07) is 10.3. The molecule has 0 atom stereocenters. The number of fused-ring (bicyclic) bond motifs is 1. The van der Waals surface area contributed by atoms with Crippen molar-refractivity contribution >= 4 is 26.8 Å². The summed E-state index contributed by atoms with van der Waals surface area (Å²) >= 11 is 3.54. The standard InChI is InChI=1S/C14H14BrN3/c1-2-18(9-7-16)10-11-5-6-13(15)12-4-3-8-17-14(11)12/h3-6,8H,2,9-10H2,1H3. The van der Waals surface area contributed by atoms with E-state index in [0.29, 0.717) is 6.54 Å². The molecule has 0 bridgehead atoms. The Morgan fingerprint density at radius 3 is 2.94 bits per heavy atom. The van der Waals surface area contributed by atoms with Gasteiger partial charge in [-0.3, -0.25) is 9.88 Å². The zero-order valence-corrected chi connectivity index (χ0v) is 11.8. The van der Waals surface area contributed by atoms with Gasteiger partial charge in [-0.2, -0.15) is 5.26 Å². The number of benzene rings is 1. The summed E-state index contributed by atoms with van der Waals surface area (Å²) in [5.74, 6) is 0. The molecule has 0 radical (unpaired) electrons. The highest BCUT2D eigenvalue weighted by molar-refractivity contribution is 9.10. The number of hydrogen-bond donors (Lipinski definition) is 0. The Morgan fingerprint density at radius 1 is 1.39 bits per heavy atom. The van der Waals surface area contributed by atoms with Gasteiger partial charge in [0, 0.05) is 22.6 Å². The predicted molar refractivity (Wildman–Crippen MR) is 76.0 cm³/mol. The quantitative estimate of drug-likeness (QED) is 0.813. The second kappa shape index (κ2) is 5.94. The summed E-state index contributed by atoms with van der Waals surface area (Å²) in [6.07, 6.45) is 1.80. The van der Waals surface area contributed by atoms with Crippen LogP contribution in [0, 0.1) is 11.3 Å². The SMILES string of the molecule is CCN(CC#N)Cc1ccc(Br)c2cccnc12. The number of aromatic nitrogens is 1. The van der Waals surface area contributed by atoms with Crippen LogP contribution < -0.4 is 0 Å². The van der Waals surface area contributed by atoms with Gasteiger partial charge in [-0.1, -0.05) is 35.0 Å². The number of rotatable bonds is 4. The second-order valence-corrected chi connectivity index (χ2v) is 4.92. The van der Waals surface area contributed by atoms with Crippen LogP contribution in [0.1, 0.15) is 12.5 Å². The van der Waals surface area contributed by atoms with Gasteiger partial charge < -0.3 is 0 Å². The van der Waals surface area contributed by atoms with Gasteiger partial charge in [-0.15, -0.1) is 0 Å². The molecule has 0 aliphatic rings. The molecule has 18 heavy (non-hydrogen) atoms. The number of hydrogen-bond acceptors (Lipinski definition) is 3. The first-order chi connectivity index (χ1) is 8.76. The van der Waals surface area contributed by atoms with Gasteiger partial charge in [0.25, 0.3) is 0 Å². The molecule has 1 heterocycles. The van der Waals surface area contributed by atoms with Crippen LogP contribution in [0.5, 0.6) is 0 Å².